The molecule has 0 unspecified atom stereocenters. The molecule has 1 atom stereocenters. The predicted octanol–water partition coefficient (Wildman–Crippen LogP) is 2.48. The number of carbonyl (C=O) groups is 1. The molecule has 1 saturated heterocycles. The number of amides is 2. The largest absolute Gasteiger partial charge is 0.468 e. The Labute approximate surface area is 146 Å². The number of anilines is 1. The number of carbonyl (C=O) groups excluding carboxylic acids is 1. The first-order valence-electron chi connectivity index (χ1n) is 8.16. The lowest BCUT2D eigenvalue weighted by molar-refractivity contribution is 0.186. The van der Waals surface area contributed by atoms with Gasteiger partial charge in [0.15, 0.2) is 0 Å². The first-order chi connectivity index (χ1) is 11.6. The van der Waals surface area contributed by atoms with E-state index in [1.54, 1.807) is 17.6 Å². The van der Waals surface area contributed by atoms with Gasteiger partial charge in [-0.25, -0.2) is 4.79 Å². The van der Waals surface area contributed by atoms with Gasteiger partial charge in [0.2, 0.25) is 0 Å². The lowest BCUT2D eigenvalue weighted by Crippen LogP contribution is -2.52. The molecule has 2 aromatic rings. The molecule has 2 aromatic heterocycles. The number of hydrogen-bond donors (Lipinski definition) is 1. The van der Waals surface area contributed by atoms with Crippen LogP contribution in [0.25, 0.3) is 0 Å². The van der Waals surface area contributed by atoms with E-state index in [-0.39, 0.29) is 12.1 Å². The van der Waals surface area contributed by atoms with Crippen molar-refractivity contribution in [3.8, 4) is 0 Å². The van der Waals surface area contributed by atoms with E-state index < -0.39 is 0 Å². The summed E-state index contributed by atoms with van der Waals surface area (Å²) in [5.74, 6) is 0.864. The first-order valence-corrected chi connectivity index (χ1v) is 9.04. The number of nitrogens with zero attached hydrogens (tertiary/aromatic N) is 3. The fourth-order valence-electron chi connectivity index (χ4n) is 2.89. The van der Waals surface area contributed by atoms with Gasteiger partial charge in [0.25, 0.3) is 0 Å². The molecule has 6 nitrogen and oxygen atoms in total. The van der Waals surface area contributed by atoms with E-state index in [1.165, 1.54) is 5.00 Å². The molecule has 7 heteroatoms. The van der Waals surface area contributed by atoms with E-state index in [1.807, 2.05) is 36.0 Å². The highest BCUT2D eigenvalue weighted by molar-refractivity contribution is 7.14. The molecule has 3 rings (SSSR count). The lowest BCUT2D eigenvalue weighted by atomic mass is 10.2. The smallest absolute Gasteiger partial charge is 0.317 e. The Hall–Kier alpha value is -1.99. The zero-order chi connectivity index (χ0) is 16.9. The van der Waals surface area contributed by atoms with Crippen molar-refractivity contribution in [1.29, 1.82) is 0 Å². The van der Waals surface area contributed by atoms with Gasteiger partial charge in [-0.3, -0.25) is 4.90 Å². The number of thiophene rings is 1. The molecule has 0 bridgehead atoms. The van der Waals surface area contributed by atoms with Gasteiger partial charge in [-0.2, -0.15) is 0 Å². The highest BCUT2D eigenvalue weighted by Crippen LogP contribution is 2.22. The molecule has 1 aliphatic rings. The second-order valence-electron chi connectivity index (χ2n) is 6.11. The minimum absolute atomic E-state index is 0.000708. The maximum atomic E-state index is 12.4. The summed E-state index contributed by atoms with van der Waals surface area (Å²) in [6.07, 6.45) is 1.66. The summed E-state index contributed by atoms with van der Waals surface area (Å²) in [6.45, 7) is 3.78. The summed E-state index contributed by atoms with van der Waals surface area (Å²) in [4.78, 5) is 18.7. The number of likely N-dealkylation sites (N-methyl/N-ethyl adjacent to an activating group) is 1. The highest BCUT2D eigenvalue weighted by Gasteiger charge is 2.23. The highest BCUT2D eigenvalue weighted by atomic mass is 32.1. The Balaban J connectivity index is 1.49. The average Bonchev–Trinajstić information content (AvgIpc) is 3.28. The number of furan rings is 1. The van der Waals surface area contributed by atoms with Crippen molar-refractivity contribution in [3.63, 3.8) is 0 Å². The SMILES string of the molecule is CN(C)[C@H](CNC(=O)N1CCN(c2cccs2)CC1)c1ccco1. The van der Waals surface area contributed by atoms with Crippen LogP contribution in [0.15, 0.2) is 40.3 Å². The number of nitrogens with one attached hydrogen (secondary N) is 1. The molecule has 0 saturated carbocycles. The van der Waals surface area contributed by atoms with Crippen LogP contribution >= 0.6 is 11.3 Å². The van der Waals surface area contributed by atoms with Gasteiger partial charge in [0.1, 0.15) is 5.76 Å². The zero-order valence-electron chi connectivity index (χ0n) is 14.1. The van der Waals surface area contributed by atoms with Crippen LogP contribution in [0.2, 0.25) is 0 Å². The third-order valence-electron chi connectivity index (χ3n) is 4.33. The zero-order valence-corrected chi connectivity index (χ0v) is 15.0. The molecular formula is C17H24N4O2S. The molecule has 1 N–H and O–H groups in total. The second-order valence-corrected chi connectivity index (χ2v) is 7.03. The molecule has 0 aliphatic carbocycles. The van der Waals surface area contributed by atoms with Crippen LogP contribution in [0.4, 0.5) is 9.80 Å². The maximum Gasteiger partial charge on any atom is 0.317 e. The second kappa shape index (κ2) is 7.72. The van der Waals surface area contributed by atoms with Crippen LogP contribution in [0.5, 0.6) is 0 Å². The van der Waals surface area contributed by atoms with Crippen molar-refractivity contribution in [2.24, 2.45) is 0 Å². The molecule has 130 valence electrons. The van der Waals surface area contributed by atoms with Gasteiger partial charge in [0.05, 0.1) is 17.3 Å². The Kier molecular flexibility index (Phi) is 5.42. The summed E-state index contributed by atoms with van der Waals surface area (Å²) in [5.41, 5.74) is 0. The van der Waals surface area contributed by atoms with Crippen LogP contribution in [0, 0.1) is 0 Å². The lowest BCUT2D eigenvalue weighted by Gasteiger charge is -2.35. The molecule has 1 fully saturated rings. The van der Waals surface area contributed by atoms with Crippen molar-refractivity contribution in [2.45, 2.75) is 6.04 Å². The summed E-state index contributed by atoms with van der Waals surface area (Å²) in [5, 5.41) is 6.41. The van der Waals surface area contributed by atoms with Gasteiger partial charge in [-0.05, 0) is 43.7 Å². The van der Waals surface area contributed by atoms with Crippen LogP contribution in [0.1, 0.15) is 11.8 Å². The molecule has 0 aromatic carbocycles. The van der Waals surface area contributed by atoms with Crippen molar-refractivity contribution >= 4 is 22.4 Å². The number of urea groups is 1. The topological polar surface area (TPSA) is 52.0 Å². The third-order valence-corrected chi connectivity index (χ3v) is 5.26. The van der Waals surface area contributed by atoms with E-state index in [0.717, 1.165) is 31.9 Å². The number of piperazine rings is 1. The maximum absolute atomic E-state index is 12.4. The monoisotopic (exact) mass is 348 g/mol. The third kappa shape index (κ3) is 3.91. The predicted molar refractivity (Wildman–Crippen MR) is 96.6 cm³/mol. The van der Waals surface area contributed by atoms with Crippen molar-refractivity contribution < 1.29 is 9.21 Å². The van der Waals surface area contributed by atoms with E-state index in [2.05, 4.69) is 27.7 Å². The Morgan fingerprint density at radius 1 is 1.29 bits per heavy atom. The van der Waals surface area contributed by atoms with Crippen LogP contribution in [0.3, 0.4) is 0 Å². The Morgan fingerprint density at radius 2 is 2.08 bits per heavy atom. The quantitative estimate of drug-likeness (QED) is 0.902. The summed E-state index contributed by atoms with van der Waals surface area (Å²) < 4.78 is 5.48. The van der Waals surface area contributed by atoms with Gasteiger partial charge in [0, 0.05) is 32.7 Å². The van der Waals surface area contributed by atoms with Crippen LogP contribution in [-0.2, 0) is 0 Å². The van der Waals surface area contributed by atoms with E-state index in [0.29, 0.717) is 6.54 Å². The van der Waals surface area contributed by atoms with Gasteiger partial charge in [-0.15, -0.1) is 11.3 Å². The Morgan fingerprint density at radius 3 is 2.67 bits per heavy atom. The Bertz CT molecular complexity index is 619. The summed E-state index contributed by atoms with van der Waals surface area (Å²) in [6, 6.07) is 8.05. The molecule has 0 spiro atoms. The van der Waals surface area contributed by atoms with E-state index in [4.69, 9.17) is 4.42 Å². The molecule has 3 heterocycles. The van der Waals surface area contributed by atoms with Crippen LogP contribution in [-0.4, -0.2) is 62.7 Å². The fraction of sp³-hybridized carbons (Fsp3) is 0.471. The molecule has 1 aliphatic heterocycles. The fourth-order valence-corrected chi connectivity index (χ4v) is 3.68. The number of hydrogen-bond acceptors (Lipinski definition) is 5. The average molecular weight is 348 g/mol. The van der Waals surface area contributed by atoms with Crippen molar-refractivity contribution in [1.82, 2.24) is 15.1 Å². The normalized spacial score (nSPS) is 16.5. The van der Waals surface area contributed by atoms with Crippen LogP contribution < -0.4 is 10.2 Å². The van der Waals surface area contributed by atoms with Gasteiger partial charge < -0.3 is 19.5 Å². The standard InChI is InChI=1S/C17H24N4O2S/c1-19(2)14(15-5-3-11-23-15)13-18-17(22)21-9-7-20(8-10-21)16-6-4-12-24-16/h3-6,11-12,14H,7-10,13H2,1-2H3,(H,18,22)/t14-/m1/s1. The van der Waals surface area contributed by atoms with E-state index >= 15 is 0 Å². The molecular weight excluding hydrogens is 324 g/mol. The molecule has 24 heavy (non-hydrogen) atoms. The minimum Gasteiger partial charge on any atom is -0.468 e. The summed E-state index contributed by atoms with van der Waals surface area (Å²) in [7, 11) is 3.97. The van der Waals surface area contributed by atoms with Crippen molar-refractivity contribution in [3.05, 3.63) is 41.7 Å². The van der Waals surface area contributed by atoms with Gasteiger partial charge in [-0.1, -0.05) is 0 Å². The van der Waals surface area contributed by atoms with Gasteiger partial charge >= 0.3 is 6.03 Å². The molecule has 2 amide bonds. The summed E-state index contributed by atoms with van der Waals surface area (Å²) >= 11 is 1.75. The molecule has 0 radical (unpaired) electrons. The van der Waals surface area contributed by atoms with E-state index in [9.17, 15) is 4.79 Å². The minimum atomic E-state index is -0.000708. The van der Waals surface area contributed by atoms with Crippen molar-refractivity contribution in [2.75, 3.05) is 51.7 Å². The first kappa shape index (κ1) is 16.9. The number of rotatable bonds is 5.